The lowest BCUT2D eigenvalue weighted by Crippen LogP contribution is -2.50. The minimum Gasteiger partial charge on any atom is -0.489 e. The number of carbonyl (C=O) groups excluding carboxylic acids is 2. The third kappa shape index (κ3) is 5.90. The minimum absolute atomic E-state index is 0.0386. The zero-order chi connectivity index (χ0) is 24.1. The molecule has 1 saturated heterocycles. The SMILES string of the molecule is Cc1cccc(C)c1NC(=O)CN1CCN(C(=O)C=Cc2cc(Cl)c3c(c2)OCCCO3)CC1. The molecular formula is C26H30ClN3O4. The molecule has 0 saturated carbocycles. The van der Waals surface area contributed by atoms with Gasteiger partial charge in [-0.2, -0.15) is 0 Å². The Morgan fingerprint density at radius 3 is 2.50 bits per heavy atom. The van der Waals surface area contributed by atoms with E-state index in [1.807, 2.05) is 38.1 Å². The maximum Gasteiger partial charge on any atom is 0.246 e. The van der Waals surface area contributed by atoms with Gasteiger partial charge in [-0.3, -0.25) is 14.5 Å². The molecule has 1 N–H and O–H groups in total. The summed E-state index contributed by atoms with van der Waals surface area (Å²) in [6.07, 6.45) is 4.10. The molecule has 1 fully saturated rings. The molecule has 0 aromatic heterocycles. The van der Waals surface area contributed by atoms with Gasteiger partial charge in [-0.05, 0) is 48.7 Å². The molecule has 0 aliphatic carbocycles. The van der Waals surface area contributed by atoms with Crippen molar-refractivity contribution in [3.8, 4) is 11.5 Å². The fourth-order valence-electron chi connectivity index (χ4n) is 4.14. The molecule has 0 spiro atoms. The Kier molecular flexibility index (Phi) is 7.75. The van der Waals surface area contributed by atoms with Gasteiger partial charge >= 0.3 is 0 Å². The number of rotatable bonds is 5. The van der Waals surface area contributed by atoms with Crippen LogP contribution in [0.4, 0.5) is 5.69 Å². The molecule has 0 radical (unpaired) electrons. The highest BCUT2D eigenvalue weighted by molar-refractivity contribution is 6.32. The summed E-state index contributed by atoms with van der Waals surface area (Å²) in [5, 5.41) is 3.50. The number of carbonyl (C=O) groups is 2. The lowest BCUT2D eigenvalue weighted by molar-refractivity contribution is -0.127. The number of ether oxygens (including phenoxy) is 2. The monoisotopic (exact) mass is 483 g/mol. The zero-order valence-corrected chi connectivity index (χ0v) is 20.4. The summed E-state index contributed by atoms with van der Waals surface area (Å²) in [6.45, 7) is 7.86. The predicted molar refractivity (Wildman–Crippen MR) is 134 cm³/mol. The van der Waals surface area contributed by atoms with Crippen molar-refractivity contribution in [2.24, 2.45) is 0 Å². The molecule has 2 heterocycles. The first-order valence-electron chi connectivity index (χ1n) is 11.6. The summed E-state index contributed by atoms with van der Waals surface area (Å²) < 4.78 is 11.4. The Morgan fingerprint density at radius 2 is 1.76 bits per heavy atom. The number of benzene rings is 2. The highest BCUT2D eigenvalue weighted by atomic mass is 35.5. The normalized spacial score (nSPS) is 16.4. The first-order chi connectivity index (χ1) is 16.4. The molecule has 0 bridgehead atoms. The Labute approximate surface area is 205 Å². The van der Waals surface area contributed by atoms with Crippen molar-refractivity contribution in [2.75, 3.05) is 51.3 Å². The molecule has 180 valence electrons. The Bertz CT molecular complexity index is 1070. The molecule has 2 aromatic rings. The van der Waals surface area contributed by atoms with E-state index in [1.165, 1.54) is 0 Å². The number of halogens is 1. The minimum atomic E-state index is -0.0668. The van der Waals surface area contributed by atoms with E-state index < -0.39 is 0 Å². The summed E-state index contributed by atoms with van der Waals surface area (Å²) >= 11 is 6.34. The number of nitrogens with zero attached hydrogens (tertiary/aromatic N) is 2. The smallest absolute Gasteiger partial charge is 0.246 e. The second-order valence-corrected chi connectivity index (χ2v) is 9.04. The van der Waals surface area contributed by atoms with Crippen LogP contribution < -0.4 is 14.8 Å². The Balaban J connectivity index is 1.28. The highest BCUT2D eigenvalue weighted by Crippen LogP contribution is 2.38. The first-order valence-corrected chi connectivity index (χ1v) is 11.9. The van der Waals surface area contributed by atoms with Crippen LogP contribution in [0.1, 0.15) is 23.1 Å². The van der Waals surface area contributed by atoms with Crippen LogP contribution in [0.15, 0.2) is 36.4 Å². The number of hydrogen-bond donors (Lipinski definition) is 1. The second kappa shape index (κ2) is 10.9. The van der Waals surface area contributed by atoms with E-state index >= 15 is 0 Å². The van der Waals surface area contributed by atoms with Gasteiger partial charge in [-0.15, -0.1) is 0 Å². The lowest BCUT2D eigenvalue weighted by atomic mass is 10.1. The van der Waals surface area contributed by atoms with Gasteiger partial charge in [0.2, 0.25) is 11.8 Å². The van der Waals surface area contributed by atoms with Gasteiger partial charge in [-0.25, -0.2) is 0 Å². The van der Waals surface area contributed by atoms with Crippen molar-refractivity contribution < 1.29 is 19.1 Å². The van der Waals surface area contributed by atoms with Crippen LogP contribution in [0.2, 0.25) is 5.02 Å². The average Bonchev–Trinajstić information content (AvgIpc) is 3.06. The highest BCUT2D eigenvalue weighted by Gasteiger charge is 2.22. The van der Waals surface area contributed by atoms with Gasteiger partial charge in [-0.1, -0.05) is 29.8 Å². The lowest BCUT2D eigenvalue weighted by Gasteiger charge is -2.33. The van der Waals surface area contributed by atoms with Crippen LogP contribution in [-0.2, 0) is 9.59 Å². The van der Waals surface area contributed by atoms with Gasteiger partial charge in [0.15, 0.2) is 11.5 Å². The van der Waals surface area contributed by atoms with E-state index in [4.69, 9.17) is 21.1 Å². The van der Waals surface area contributed by atoms with Gasteiger partial charge in [0.1, 0.15) is 0 Å². The van der Waals surface area contributed by atoms with Crippen molar-refractivity contribution in [3.63, 3.8) is 0 Å². The van der Waals surface area contributed by atoms with Crippen molar-refractivity contribution >= 4 is 35.2 Å². The number of anilines is 1. The topological polar surface area (TPSA) is 71.1 Å². The van der Waals surface area contributed by atoms with Crippen molar-refractivity contribution in [3.05, 3.63) is 58.1 Å². The number of piperazine rings is 1. The van der Waals surface area contributed by atoms with E-state index in [0.717, 1.165) is 28.8 Å². The van der Waals surface area contributed by atoms with Gasteiger partial charge in [0.25, 0.3) is 0 Å². The maximum atomic E-state index is 12.7. The number of para-hydroxylation sites is 1. The average molecular weight is 484 g/mol. The fraction of sp³-hybridized carbons (Fsp3) is 0.385. The van der Waals surface area contributed by atoms with Crippen LogP contribution in [0.3, 0.4) is 0 Å². The van der Waals surface area contributed by atoms with E-state index in [2.05, 4.69) is 10.2 Å². The molecule has 8 heteroatoms. The number of fused-ring (bicyclic) bond motifs is 1. The number of nitrogens with one attached hydrogen (secondary N) is 1. The van der Waals surface area contributed by atoms with Crippen LogP contribution in [0, 0.1) is 13.8 Å². The van der Waals surface area contributed by atoms with E-state index in [0.29, 0.717) is 62.5 Å². The zero-order valence-electron chi connectivity index (χ0n) is 19.6. The van der Waals surface area contributed by atoms with Crippen molar-refractivity contribution in [1.29, 1.82) is 0 Å². The number of hydrogen-bond acceptors (Lipinski definition) is 5. The number of amides is 2. The van der Waals surface area contributed by atoms with E-state index in [1.54, 1.807) is 23.1 Å². The van der Waals surface area contributed by atoms with Crippen LogP contribution >= 0.6 is 11.6 Å². The largest absolute Gasteiger partial charge is 0.489 e. The molecule has 0 atom stereocenters. The summed E-state index contributed by atoms with van der Waals surface area (Å²) in [6, 6.07) is 9.56. The summed E-state index contributed by atoms with van der Waals surface area (Å²) in [4.78, 5) is 29.1. The molecule has 2 aliphatic heterocycles. The molecule has 2 aromatic carbocycles. The van der Waals surface area contributed by atoms with Crippen molar-refractivity contribution in [1.82, 2.24) is 9.80 Å². The second-order valence-electron chi connectivity index (χ2n) is 8.63. The molecule has 0 unspecified atom stereocenters. The fourth-order valence-corrected chi connectivity index (χ4v) is 4.41. The van der Waals surface area contributed by atoms with Crippen LogP contribution in [-0.4, -0.2) is 67.6 Å². The molecule has 2 aliphatic rings. The standard InChI is InChI=1S/C26H30ClN3O4/c1-18-5-3-6-19(2)25(18)28-23(31)17-29-9-11-30(12-10-29)24(32)8-7-20-15-21(27)26-22(16-20)33-13-4-14-34-26/h3,5-8,15-16H,4,9-14,17H2,1-2H3,(H,28,31). The Hall–Kier alpha value is -3.03. The molecular weight excluding hydrogens is 454 g/mol. The first kappa shape index (κ1) is 24.1. The summed E-state index contributed by atoms with van der Waals surface area (Å²) in [7, 11) is 0. The summed E-state index contributed by atoms with van der Waals surface area (Å²) in [5.74, 6) is 1.05. The van der Waals surface area contributed by atoms with Crippen LogP contribution in [0.5, 0.6) is 11.5 Å². The van der Waals surface area contributed by atoms with Gasteiger partial charge < -0.3 is 19.7 Å². The van der Waals surface area contributed by atoms with Crippen LogP contribution in [0.25, 0.3) is 6.08 Å². The predicted octanol–water partition coefficient (Wildman–Crippen LogP) is 3.91. The summed E-state index contributed by atoms with van der Waals surface area (Å²) in [5.41, 5.74) is 3.75. The number of aryl methyl sites for hydroxylation is 2. The molecule has 2 amide bonds. The van der Waals surface area contributed by atoms with E-state index in [-0.39, 0.29) is 11.8 Å². The molecule has 34 heavy (non-hydrogen) atoms. The quantitative estimate of drug-likeness (QED) is 0.653. The third-order valence-electron chi connectivity index (χ3n) is 6.04. The van der Waals surface area contributed by atoms with E-state index in [9.17, 15) is 9.59 Å². The molecule has 4 rings (SSSR count). The van der Waals surface area contributed by atoms with Gasteiger partial charge in [0, 0.05) is 44.4 Å². The van der Waals surface area contributed by atoms with Crippen molar-refractivity contribution in [2.45, 2.75) is 20.3 Å². The molecule has 7 nitrogen and oxygen atoms in total. The third-order valence-corrected chi connectivity index (χ3v) is 6.32. The Morgan fingerprint density at radius 1 is 1.06 bits per heavy atom. The van der Waals surface area contributed by atoms with Gasteiger partial charge in [0.05, 0.1) is 24.8 Å². The maximum absolute atomic E-state index is 12.7.